The van der Waals surface area contributed by atoms with Crippen molar-refractivity contribution in [1.82, 2.24) is 10.2 Å². The third kappa shape index (κ3) is 4.90. The fourth-order valence-electron chi connectivity index (χ4n) is 2.34. The molecule has 0 aromatic rings. The predicted octanol–water partition coefficient (Wildman–Crippen LogP) is 2.33. The summed E-state index contributed by atoms with van der Waals surface area (Å²) >= 11 is 0. The number of likely N-dealkylation sites (tertiary alicyclic amines) is 1. The van der Waals surface area contributed by atoms with Crippen molar-refractivity contribution in [2.24, 2.45) is 0 Å². The van der Waals surface area contributed by atoms with Gasteiger partial charge in [0.25, 0.3) is 0 Å². The molecule has 2 atom stereocenters. The molecule has 1 saturated heterocycles. The lowest BCUT2D eigenvalue weighted by atomic mass is 10.1. The number of nitrogens with one attached hydrogen (secondary N) is 1. The van der Waals surface area contributed by atoms with Crippen molar-refractivity contribution in [2.75, 3.05) is 13.1 Å². The van der Waals surface area contributed by atoms with Crippen LogP contribution in [-0.2, 0) is 4.79 Å². The van der Waals surface area contributed by atoms with E-state index in [1.54, 1.807) is 0 Å². The van der Waals surface area contributed by atoms with Crippen LogP contribution in [0.3, 0.4) is 0 Å². The molecule has 1 aliphatic heterocycles. The van der Waals surface area contributed by atoms with E-state index in [-0.39, 0.29) is 11.9 Å². The van der Waals surface area contributed by atoms with Gasteiger partial charge in [0.1, 0.15) is 0 Å². The molecule has 0 aromatic carbocycles. The molecule has 1 heterocycles. The van der Waals surface area contributed by atoms with Gasteiger partial charge in [0.15, 0.2) is 0 Å². The van der Waals surface area contributed by atoms with Gasteiger partial charge < -0.3 is 10.2 Å². The zero-order chi connectivity index (χ0) is 12.7. The number of rotatable bonds is 6. The van der Waals surface area contributed by atoms with Gasteiger partial charge in [-0.15, -0.1) is 6.58 Å². The predicted molar refractivity (Wildman–Crippen MR) is 71.9 cm³/mol. The number of nitrogens with zero attached hydrogens (tertiary/aromatic N) is 1. The molecule has 17 heavy (non-hydrogen) atoms. The zero-order valence-electron chi connectivity index (χ0n) is 11.2. The van der Waals surface area contributed by atoms with E-state index in [0.717, 1.165) is 38.8 Å². The van der Waals surface area contributed by atoms with Crippen molar-refractivity contribution in [3.05, 3.63) is 12.7 Å². The van der Waals surface area contributed by atoms with Crippen LogP contribution in [0.5, 0.6) is 0 Å². The van der Waals surface area contributed by atoms with E-state index in [0.29, 0.717) is 6.04 Å². The smallest absolute Gasteiger partial charge is 0.239 e. The van der Waals surface area contributed by atoms with Crippen LogP contribution in [-0.4, -0.2) is 36.0 Å². The third-order valence-electron chi connectivity index (χ3n) is 3.38. The first-order valence-electron chi connectivity index (χ1n) is 6.81. The van der Waals surface area contributed by atoms with Gasteiger partial charge in [0, 0.05) is 19.1 Å². The lowest BCUT2D eigenvalue weighted by Crippen LogP contribution is -2.49. The molecule has 0 aliphatic carbocycles. The van der Waals surface area contributed by atoms with E-state index >= 15 is 0 Å². The Morgan fingerprint density at radius 2 is 2.00 bits per heavy atom. The topological polar surface area (TPSA) is 32.3 Å². The molecule has 0 saturated carbocycles. The standard InChI is InChI=1S/C14H26N2O/c1-4-5-9-12(2)15-13(3)14(17)16-10-7-6-8-11-16/h4,12-13,15H,1,5-11H2,2-3H3/t12?,13-/m0/s1. The summed E-state index contributed by atoms with van der Waals surface area (Å²) in [6.07, 6.45) is 7.55. The summed E-state index contributed by atoms with van der Waals surface area (Å²) in [5.41, 5.74) is 0. The summed E-state index contributed by atoms with van der Waals surface area (Å²) in [6, 6.07) is 0.310. The average molecular weight is 238 g/mol. The van der Waals surface area contributed by atoms with Crippen LogP contribution in [0.2, 0.25) is 0 Å². The molecule has 1 aliphatic rings. The first-order valence-corrected chi connectivity index (χ1v) is 6.81. The quantitative estimate of drug-likeness (QED) is 0.720. The van der Waals surface area contributed by atoms with Crippen LogP contribution < -0.4 is 5.32 Å². The fourth-order valence-corrected chi connectivity index (χ4v) is 2.34. The van der Waals surface area contributed by atoms with Gasteiger partial charge in [-0.2, -0.15) is 0 Å². The zero-order valence-corrected chi connectivity index (χ0v) is 11.2. The molecule has 0 aromatic heterocycles. The number of amides is 1. The first-order chi connectivity index (χ1) is 8.15. The second-order valence-electron chi connectivity index (χ2n) is 5.04. The van der Waals surface area contributed by atoms with Crippen LogP contribution in [0.15, 0.2) is 12.7 Å². The van der Waals surface area contributed by atoms with E-state index in [9.17, 15) is 4.79 Å². The van der Waals surface area contributed by atoms with E-state index in [4.69, 9.17) is 0 Å². The lowest BCUT2D eigenvalue weighted by molar-refractivity contribution is -0.134. The number of allylic oxidation sites excluding steroid dienone is 1. The normalized spacial score (nSPS) is 19.8. The Morgan fingerprint density at radius 3 is 2.59 bits per heavy atom. The Labute approximate surface area is 105 Å². The van der Waals surface area contributed by atoms with Crippen molar-refractivity contribution < 1.29 is 4.79 Å². The molecule has 3 heteroatoms. The Bertz CT molecular complexity index is 247. The van der Waals surface area contributed by atoms with Crippen LogP contribution in [0.1, 0.15) is 46.0 Å². The van der Waals surface area contributed by atoms with Crippen molar-refractivity contribution in [1.29, 1.82) is 0 Å². The van der Waals surface area contributed by atoms with E-state index < -0.39 is 0 Å². The molecule has 98 valence electrons. The van der Waals surface area contributed by atoms with Crippen molar-refractivity contribution in [2.45, 2.75) is 58.0 Å². The highest BCUT2D eigenvalue weighted by molar-refractivity contribution is 5.81. The molecular formula is C14H26N2O. The van der Waals surface area contributed by atoms with Gasteiger partial charge in [0.05, 0.1) is 6.04 Å². The van der Waals surface area contributed by atoms with Gasteiger partial charge in [-0.3, -0.25) is 4.79 Å². The number of carbonyl (C=O) groups is 1. The number of piperidine rings is 1. The van der Waals surface area contributed by atoms with Crippen molar-refractivity contribution in [3.8, 4) is 0 Å². The van der Waals surface area contributed by atoms with Crippen LogP contribution in [0.4, 0.5) is 0 Å². The molecule has 0 bridgehead atoms. The Morgan fingerprint density at radius 1 is 1.35 bits per heavy atom. The summed E-state index contributed by atoms with van der Waals surface area (Å²) in [6.45, 7) is 9.69. The maximum absolute atomic E-state index is 12.2. The Hall–Kier alpha value is -0.830. The monoisotopic (exact) mass is 238 g/mol. The minimum Gasteiger partial charge on any atom is -0.341 e. The van der Waals surface area contributed by atoms with Gasteiger partial charge in [-0.05, 0) is 46.0 Å². The van der Waals surface area contributed by atoms with E-state index in [1.165, 1.54) is 6.42 Å². The lowest BCUT2D eigenvalue weighted by Gasteiger charge is -2.30. The van der Waals surface area contributed by atoms with Crippen LogP contribution >= 0.6 is 0 Å². The minimum absolute atomic E-state index is 0.0621. The highest BCUT2D eigenvalue weighted by atomic mass is 16.2. The van der Waals surface area contributed by atoms with Gasteiger partial charge in [-0.1, -0.05) is 6.08 Å². The van der Waals surface area contributed by atoms with Gasteiger partial charge >= 0.3 is 0 Å². The van der Waals surface area contributed by atoms with Gasteiger partial charge in [0.2, 0.25) is 5.91 Å². The summed E-state index contributed by atoms with van der Waals surface area (Å²) in [4.78, 5) is 14.2. The first kappa shape index (κ1) is 14.2. The number of carbonyl (C=O) groups excluding carboxylic acids is 1. The molecule has 1 amide bonds. The average Bonchev–Trinajstić information content (AvgIpc) is 2.36. The molecule has 0 spiro atoms. The van der Waals surface area contributed by atoms with E-state index in [1.807, 2.05) is 17.9 Å². The molecular weight excluding hydrogens is 212 g/mol. The van der Waals surface area contributed by atoms with Crippen LogP contribution in [0.25, 0.3) is 0 Å². The summed E-state index contributed by atoms with van der Waals surface area (Å²) in [5.74, 6) is 0.259. The highest BCUT2D eigenvalue weighted by Crippen LogP contribution is 2.10. The number of hydrogen-bond donors (Lipinski definition) is 1. The highest BCUT2D eigenvalue weighted by Gasteiger charge is 2.22. The van der Waals surface area contributed by atoms with Crippen molar-refractivity contribution >= 4 is 5.91 Å². The summed E-state index contributed by atoms with van der Waals surface area (Å²) in [7, 11) is 0. The Kier molecular flexibility index (Phi) is 6.27. The molecule has 1 unspecified atom stereocenters. The van der Waals surface area contributed by atoms with Crippen LogP contribution in [0, 0.1) is 0 Å². The molecule has 1 N–H and O–H groups in total. The SMILES string of the molecule is C=CCCC(C)N[C@@H](C)C(=O)N1CCCCC1. The second-order valence-corrected chi connectivity index (χ2v) is 5.04. The van der Waals surface area contributed by atoms with Gasteiger partial charge in [-0.25, -0.2) is 0 Å². The number of hydrogen-bond acceptors (Lipinski definition) is 2. The molecule has 0 radical (unpaired) electrons. The Balaban J connectivity index is 2.32. The summed E-state index contributed by atoms with van der Waals surface area (Å²) in [5, 5.41) is 3.37. The molecule has 1 fully saturated rings. The largest absolute Gasteiger partial charge is 0.341 e. The van der Waals surface area contributed by atoms with Crippen molar-refractivity contribution in [3.63, 3.8) is 0 Å². The summed E-state index contributed by atoms with van der Waals surface area (Å²) < 4.78 is 0. The maximum Gasteiger partial charge on any atom is 0.239 e. The second kappa shape index (κ2) is 7.49. The third-order valence-corrected chi connectivity index (χ3v) is 3.38. The minimum atomic E-state index is -0.0621. The van der Waals surface area contributed by atoms with E-state index in [2.05, 4.69) is 18.8 Å². The molecule has 1 rings (SSSR count). The maximum atomic E-state index is 12.2. The fraction of sp³-hybridized carbons (Fsp3) is 0.786. The molecule has 3 nitrogen and oxygen atoms in total.